The fraction of sp³-hybridized carbons (Fsp3) is 0.600. The Morgan fingerprint density at radius 1 is 1.17 bits per heavy atom. The molecule has 1 N–H and O–H groups in total. The third kappa shape index (κ3) is 4.57. The molecule has 102 valence electrons. The first-order valence-electron chi connectivity index (χ1n) is 6.63. The maximum Gasteiger partial charge on any atom is 0.161 e. The van der Waals surface area contributed by atoms with Crippen molar-refractivity contribution in [3.63, 3.8) is 0 Å². The van der Waals surface area contributed by atoms with Gasteiger partial charge in [0.25, 0.3) is 0 Å². The van der Waals surface area contributed by atoms with E-state index >= 15 is 0 Å². The van der Waals surface area contributed by atoms with E-state index in [2.05, 4.69) is 39.1 Å². The minimum Gasteiger partial charge on any atom is -0.493 e. The fourth-order valence-electron chi connectivity index (χ4n) is 1.54. The highest BCUT2D eigenvalue weighted by Gasteiger charge is 2.08. The van der Waals surface area contributed by atoms with Gasteiger partial charge in [-0.3, -0.25) is 0 Å². The molecular formula is C15H25NO2. The fourth-order valence-corrected chi connectivity index (χ4v) is 1.54. The zero-order valence-corrected chi connectivity index (χ0v) is 12.1. The van der Waals surface area contributed by atoms with Gasteiger partial charge in [0.1, 0.15) is 0 Å². The predicted octanol–water partition coefficient (Wildman–Crippen LogP) is 3.37. The summed E-state index contributed by atoms with van der Waals surface area (Å²) >= 11 is 0. The van der Waals surface area contributed by atoms with Crippen molar-refractivity contribution in [1.29, 1.82) is 0 Å². The van der Waals surface area contributed by atoms with Crippen LogP contribution in [-0.4, -0.2) is 19.3 Å². The van der Waals surface area contributed by atoms with Crippen LogP contribution in [0.15, 0.2) is 18.2 Å². The van der Waals surface area contributed by atoms with Gasteiger partial charge in [0.2, 0.25) is 0 Å². The molecule has 1 aromatic rings. The summed E-state index contributed by atoms with van der Waals surface area (Å²) < 4.78 is 11.2. The SMILES string of the molecule is CC[C@@H](C)Oc1ccc(CNC(C)C)cc1OC. The topological polar surface area (TPSA) is 30.5 Å². The predicted molar refractivity (Wildman–Crippen MR) is 75.4 cm³/mol. The van der Waals surface area contributed by atoms with Gasteiger partial charge in [-0.2, -0.15) is 0 Å². The number of hydrogen-bond donors (Lipinski definition) is 1. The highest BCUT2D eigenvalue weighted by molar-refractivity contribution is 5.43. The zero-order valence-electron chi connectivity index (χ0n) is 12.1. The van der Waals surface area contributed by atoms with Crippen LogP contribution in [0.1, 0.15) is 39.7 Å². The van der Waals surface area contributed by atoms with Gasteiger partial charge in [0.15, 0.2) is 11.5 Å². The van der Waals surface area contributed by atoms with E-state index in [1.54, 1.807) is 7.11 Å². The Hall–Kier alpha value is -1.22. The summed E-state index contributed by atoms with van der Waals surface area (Å²) in [6.07, 6.45) is 1.19. The largest absolute Gasteiger partial charge is 0.493 e. The average Bonchev–Trinajstić information content (AvgIpc) is 2.37. The average molecular weight is 251 g/mol. The van der Waals surface area contributed by atoms with Crippen molar-refractivity contribution in [2.45, 2.75) is 52.8 Å². The van der Waals surface area contributed by atoms with Gasteiger partial charge >= 0.3 is 0 Å². The van der Waals surface area contributed by atoms with Crippen LogP contribution in [0, 0.1) is 0 Å². The molecule has 0 saturated heterocycles. The molecule has 0 radical (unpaired) electrons. The first kappa shape index (κ1) is 14.8. The summed E-state index contributed by atoms with van der Waals surface area (Å²) in [5.74, 6) is 1.62. The van der Waals surface area contributed by atoms with Crippen molar-refractivity contribution >= 4 is 0 Å². The molecule has 1 atom stereocenters. The molecule has 1 aromatic carbocycles. The maximum absolute atomic E-state index is 5.82. The van der Waals surface area contributed by atoms with Crippen molar-refractivity contribution in [2.75, 3.05) is 7.11 Å². The number of hydrogen-bond acceptors (Lipinski definition) is 3. The van der Waals surface area contributed by atoms with Crippen molar-refractivity contribution in [1.82, 2.24) is 5.32 Å². The van der Waals surface area contributed by atoms with Crippen LogP contribution in [0.4, 0.5) is 0 Å². The summed E-state index contributed by atoms with van der Waals surface area (Å²) in [5, 5.41) is 3.39. The molecule has 0 aliphatic heterocycles. The smallest absolute Gasteiger partial charge is 0.161 e. The van der Waals surface area contributed by atoms with Crippen LogP contribution < -0.4 is 14.8 Å². The molecule has 18 heavy (non-hydrogen) atoms. The molecule has 0 fully saturated rings. The molecule has 0 amide bonds. The van der Waals surface area contributed by atoms with Crippen LogP contribution >= 0.6 is 0 Å². The van der Waals surface area contributed by atoms with Crippen molar-refractivity contribution < 1.29 is 9.47 Å². The van der Waals surface area contributed by atoms with E-state index in [0.29, 0.717) is 6.04 Å². The molecule has 0 heterocycles. The second-order valence-electron chi connectivity index (χ2n) is 4.86. The van der Waals surface area contributed by atoms with Gasteiger partial charge in [-0.1, -0.05) is 26.8 Å². The van der Waals surface area contributed by atoms with E-state index in [1.165, 1.54) is 5.56 Å². The molecular weight excluding hydrogens is 226 g/mol. The van der Waals surface area contributed by atoms with E-state index in [9.17, 15) is 0 Å². The quantitative estimate of drug-likeness (QED) is 0.806. The van der Waals surface area contributed by atoms with E-state index in [1.807, 2.05) is 12.1 Å². The van der Waals surface area contributed by atoms with E-state index in [4.69, 9.17) is 9.47 Å². The van der Waals surface area contributed by atoms with Crippen molar-refractivity contribution in [3.8, 4) is 11.5 Å². The molecule has 1 rings (SSSR count). The molecule has 0 aliphatic rings. The lowest BCUT2D eigenvalue weighted by molar-refractivity contribution is 0.207. The van der Waals surface area contributed by atoms with Crippen LogP contribution in [-0.2, 0) is 6.54 Å². The lowest BCUT2D eigenvalue weighted by Crippen LogP contribution is -2.21. The second kappa shape index (κ2) is 7.27. The van der Waals surface area contributed by atoms with Crippen molar-refractivity contribution in [2.24, 2.45) is 0 Å². The normalized spacial score (nSPS) is 12.6. The van der Waals surface area contributed by atoms with Gasteiger partial charge < -0.3 is 14.8 Å². The number of benzene rings is 1. The first-order valence-corrected chi connectivity index (χ1v) is 6.63. The lowest BCUT2D eigenvalue weighted by Gasteiger charge is -2.16. The Morgan fingerprint density at radius 3 is 2.44 bits per heavy atom. The van der Waals surface area contributed by atoms with Gasteiger partial charge in [-0.25, -0.2) is 0 Å². The Morgan fingerprint density at radius 2 is 1.89 bits per heavy atom. The molecule has 0 spiro atoms. The Bertz CT molecular complexity index is 364. The highest BCUT2D eigenvalue weighted by Crippen LogP contribution is 2.29. The summed E-state index contributed by atoms with van der Waals surface area (Å²) in [4.78, 5) is 0. The number of rotatable bonds is 7. The molecule has 0 unspecified atom stereocenters. The lowest BCUT2D eigenvalue weighted by atomic mass is 10.2. The number of methoxy groups -OCH3 is 1. The molecule has 3 nitrogen and oxygen atoms in total. The summed E-state index contributed by atoms with van der Waals surface area (Å²) in [5.41, 5.74) is 1.21. The van der Waals surface area contributed by atoms with Crippen LogP contribution in [0.25, 0.3) is 0 Å². The minimum absolute atomic E-state index is 0.207. The van der Waals surface area contributed by atoms with Crippen molar-refractivity contribution in [3.05, 3.63) is 23.8 Å². The summed E-state index contributed by atoms with van der Waals surface area (Å²) in [7, 11) is 1.68. The Kier molecular flexibility index (Phi) is 5.99. The molecule has 3 heteroatoms. The van der Waals surface area contributed by atoms with Gasteiger partial charge in [-0.15, -0.1) is 0 Å². The number of ether oxygens (including phenoxy) is 2. The third-order valence-electron chi connectivity index (χ3n) is 2.85. The van der Waals surface area contributed by atoms with Crippen LogP contribution in [0.3, 0.4) is 0 Å². The Balaban J connectivity index is 2.76. The number of nitrogens with one attached hydrogen (secondary N) is 1. The standard InChI is InChI=1S/C15H25NO2/c1-6-12(4)18-14-8-7-13(9-15(14)17-5)10-16-11(2)3/h7-9,11-12,16H,6,10H2,1-5H3/t12-/m1/s1. The highest BCUT2D eigenvalue weighted by atomic mass is 16.5. The zero-order chi connectivity index (χ0) is 13.5. The summed E-state index contributed by atoms with van der Waals surface area (Å²) in [6.45, 7) is 9.29. The van der Waals surface area contributed by atoms with E-state index < -0.39 is 0 Å². The van der Waals surface area contributed by atoms with Crippen LogP contribution in [0.2, 0.25) is 0 Å². The monoisotopic (exact) mass is 251 g/mol. The van der Waals surface area contributed by atoms with Gasteiger partial charge in [0, 0.05) is 12.6 Å². The maximum atomic E-state index is 5.82. The van der Waals surface area contributed by atoms with E-state index in [0.717, 1.165) is 24.5 Å². The molecule has 0 aromatic heterocycles. The summed E-state index contributed by atoms with van der Waals surface area (Å²) in [6, 6.07) is 6.58. The minimum atomic E-state index is 0.207. The Labute approximate surface area is 110 Å². The van der Waals surface area contributed by atoms with Crippen LogP contribution in [0.5, 0.6) is 11.5 Å². The molecule has 0 saturated carbocycles. The molecule has 0 aliphatic carbocycles. The van der Waals surface area contributed by atoms with Gasteiger partial charge in [0.05, 0.1) is 13.2 Å². The van der Waals surface area contributed by atoms with E-state index in [-0.39, 0.29) is 6.10 Å². The third-order valence-corrected chi connectivity index (χ3v) is 2.85. The second-order valence-corrected chi connectivity index (χ2v) is 4.86. The van der Waals surface area contributed by atoms with Gasteiger partial charge in [-0.05, 0) is 31.0 Å². The first-order chi connectivity index (χ1) is 8.56. The molecule has 0 bridgehead atoms.